The summed E-state index contributed by atoms with van der Waals surface area (Å²) in [5.74, 6) is 0.322. The highest BCUT2D eigenvalue weighted by Crippen LogP contribution is 2.02. The summed E-state index contributed by atoms with van der Waals surface area (Å²) in [4.78, 5) is 8.70. The molecule has 4 nitrogen and oxygen atoms in total. The number of benzene rings is 1. The van der Waals surface area contributed by atoms with E-state index in [1.807, 2.05) is 19.9 Å². The molecule has 0 aliphatic rings. The molecule has 0 spiro atoms. The summed E-state index contributed by atoms with van der Waals surface area (Å²) in [7, 11) is 0. The van der Waals surface area contributed by atoms with Crippen LogP contribution in [0.25, 0.3) is 0 Å². The van der Waals surface area contributed by atoms with E-state index >= 15 is 0 Å². The Bertz CT molecular complexity index is 197. The van der Waals surface area contributed by atoms with Gasteiger partial charge in [-0.05, 0) is 26.0 Å². The summed E-state index contributed by atoms with van der Waals surface area (Å²) in [6, 6.07) is 8.71. The number of phenols is 1. The number of rotatable bonds is 4. The number of phenolic OH excluding ortho intramolecular Hbond substituents is 1. The fourth-order valence-electron chi connectivity index (χ4n) is 0.558. The number of para-hydroxylation sites is 1. The summed E-state index contributed by atoms with van der Waals surface area (Å²) < 4.78 is 0. The van der Waals surface area contributed by atoms with Gasteiger partial charge in [0.15, 0.2) is 0 Å². The summed E-state index contributed by atoms with van der Waals surface area (Å²) in [5, 5.41) is 12.8. The molecule has 4 heteroatoms. The number of aromatic hydroxyl groups is 1. The molecule has 0 fully saturated rings. The molecule has 0 aliphatic carbocycles. The summed E-state index contributed by atoms with van der Waals surface area (Å²) in [6.45, 7) is 4.66. The van der Waals surface area contributed by atoms with Crippen LogP contribution in [0.2, 0.25) is 0 Å². The predicted octanol–water partition coefficient (Wildman–Crippen LogP) is 2.30. The lowest BCUT2D eigenvalue weighted by Gasteiger charge is -1.94. The Hall–Kier alpha value is -1.10. The van der Waals surface area contributed by atoms with Crippen LogP contribution < -0.4 is 0 Å². The highest BCUT2D eigenvalue weighted by molar-refractivity contribution is 5.18. The van der Waals surface area contributed by atoms with Crippen LogP contribution in [-0.4, -0.2) is 18.3 Å². The van der Waals surface area contributed by atoms with Gasteiger partial charge < -0.3 is 5.11 Å². The molecular weight excluding hydrogens is 184 g/mol. The van der Waals surface area contributed by atoms with Gasteiger partial charge in [-0.15, -0.1) is 0 Å². The second-order valence-corrected chi connectivity index (χ2v) is 2.22. The maximum absolute atomic E-state index is 8.63. The molecule has 1 rings (SSSR count). The van der Waals surface area contributed by atoms with Crippen LogP contribution in [0.1, 0.15) is 13.8 Å². The summed E-state index contributed by atoms with van der Waals surface area (Å²) in [6.07, 6.45) is 0. The van der Waals surface area contributed by atoms with Crippen molar-refractivity contribution in [3.8, 4) is 5.75 Å². The molecule has 1 aromatic carbocycles. The molecule has 0 aromatic heterocycles. The lowest BCUT2D eigenvalue weighted by Crippen LogP contribution is -1.94. The van der Waals surface area contributed by atoms with Crippen molar-refractivity contribution < 1.29 is 19.9 Å². The van der Waals surface area contributed by atoms with Crippen molar-refractivity contribution in [3.05, 3.63) is 30.3 Å². The van der Waals surface area contributed by atoms with Gasteiger partial charge in [-0.1, -0.05) is 23.2 Å². The first kappa shape index (κ1) is 12.9. The van der Waals surface area contributed by atoms with E-state index in [2.05, 4.69) is 14.8 Å². The van der Waals surface area contributed by atoms with Crippen molar-refractivity contribution in [1.82, 2.24) is 0 Å². The summed E-state index contributed by atoms with van der Waals surface area (Å²) >= 11 is 0. The average Bonchev–Trinajstić information content (AvgIpc) is 2.21. The van der Waals surface area contributed by atoms with Gasteiger partial charge in [-0.2, -0.15) is 0 Å². The molecule has 1 aromatic rings. The fraction of sp³-hybridized carbons (Fsp3) is 0.400. The first-order chi connectivity index (χ1) is 6.81. The van der Waals surface area contributed by atoms with E-state index in [4.69, 9.17) is 5.11 Å². The minimum Gasteiger partial charge on any atom is -0.508 e. The SMILES string of the molecule is CCOOOCC.Oc1ccccc1. The Kier molecular flexibility index (Phi) is 9.20. The molecule has 0 bridgehead atoms. The molecule has 0 aliphatic heterocycles. The Morgan fingerprint density at radius 1 is 1.00 bits per heavy atom. The van der Waals surface area contributed by atoms with Gasteiger partial charge in [0.1, 0.15) is 5.75 Å². The van der Waals surface area contributed by atoms with Crippen molar-refractivity contribution in [1.29, 1.82) is 0 Å². The Morgan fingerprint density at radius 3 is 1.79 bits per heavy atom. The van der Waals surface area contributed by atoms with E-state index in [1.54, 1.807) is 24.3 Å². The highest BCUT2D eigenvalue weighted by Gasteiger charge is 1.77. The van der Waals surface area contributed by atoms with Gasteiger partial charge in [-0.3, -0.25) is 0 Å². The first-order valence-electron chi connectivity index (χ1n) is 4.46. The molecule has 0 amide bonds. The zero-order valence-corrected chi connectivity index (χ0v) is 8.47. The zero-order valence-electron chi connectivity index (χ0n) is 8.47. The average molecular weight is 200 g/mol. The Labute approximate surface area is 83.9 Å². The molecule has 0 radical (unpaired) electrons. The van der Waals surface area contributed by atoms with E-state index in [9.17, 15) is 0 Å². The van der Waals surface area contributed by atoms with Crippen molar-refractivity contribution >= 4 is 0 Å². The molecule has 1 N–H and O–H groups in total. The topological polar surface area (TPSA) is 47.9 Å². The van der Waals surface area contributed by atoms with Gasteiger partial charge in [0.05, 0.1) is 13.2 Å². The van der Waals surface area contributed by atoms with Crippen LogP contribution in [0.5, 0.6) is 5.75 Å². The molecule has 80 valence electrons. The molecule has 0 heterocycles. The maximum atomic E-state index is 8.63. The van der Waals surface area contributed by atoms with Crippen molar-refractivity contribution in [3.63, 3.8) is 0 Å². The number of hydrogen-bond donors (Lipinski definition) is 1. The van der Waals surface area contributed by atoms with Crippen LogP contribution in [0.3, 0.4) is 0 Å². The van der Waals surface area contributed by atoms with E-state index in [0.29, 0.717) is 19.0 Å². The molecule has 0 saturated carbocycles. The van der Waals surface area contributed by atoms with Gasteiger partial charge >= 0.3 is 0 Å². The predicted molar refractivity (Wildman–Crippen MR) is 52.4 cm³/mol. The Balaban J connectivity index is 0.000000241. The first-order valence-corrected chi connectivity index (χ1v) is 4.46. The van der Waals surface area contributed by atoms with Gasteiger partial charge in [-0.25, -0.2) is 9.78 Å². The standard InChI is InChI=1S/C6H6O.C4H10O3/c7-6-4-2-1-3-5-6;1-3-5-7-6-4-2/h1-5,7H;3-4H2,1-2H3. The van der Waals surface area contributed by atoms with E-state index in [0.717, 1.165) is 0 Å². The minimum atomic E-state index is 0.322. The van der Waals surface area contributed by atoms with Crippen LogP contribution in [0.15, 0.2) is 30.3 Å². The van der Waals surface area contributed by atoms with Crippen molar-refractivity contribution in [2.45, 2.75) is 13.8 Å². The molecular formula is C10H16O4. The molecule has 0 unspecified atom stereocenters. The smallest absolute Gasteiger partial charge is 0.115 e. The third-order valence-electron chi connectivity index (χ3n) is 1.09. The second kappa shape index (κ2) is 9.98. The van der Waals surface area contributed by atoms with Crippen LogP contribution in [-0.2, 0) is 14.8 Å². The Morgan fingerprint density at radius 2 is 1.50 bits per heavy atom. The largest absolute Gasteiger partial charge is 0.508 e. The molecule has 0 saturated heterocycles. The van der Waals surface area contributed by atoms with E-state index in [1.165, 1.54) is 0 Å². The van der Waals surface area contributed by atoms with Gasteiger partial charge in [0.25, 0.3) is 0 Å². The van der Waals surface area contributed by atoms with Crippen molar-refractivity contribution in [2.75, 3.05) is 13.2 Å². The maximum Gasteiger partial charge on any atom is 0.115 e. The minimum absolute atomic E-state index is 0.322. The van der Waals surface area contributed by atoms with Crippen LogP contribution in [0, 0.1) is 0 Å². The summed E-state index contributed by atoms with van der Waals surface area (Å²) in [5.41, 5.74) is 0. The lowest BCUT2D eigenvalue weighted by atomic mass is 10.3. The second-order valence-electron chi connectivity index (χ2n) is 2.22. The zero-order chi connectivity index (χ0) is 10.6. The number of hydrogen-bond acceptors (Lipinski definition) is 4. The van der Waals surface area contributed by atoms with Gasteiger partial charge in [0, 0.05) is 0 Å². The third kappa shape index (κ3) is 8.99. The molecule has 14 heavy (non-hydrogen) atoms. The highest BCUT2D eigenvalue weighted by atomic mass is 17.5. The van der Waals surface area contributed by atoms with Crippen LogP contribution in [0.4, 0.5) is 0 Å². The fourth-order valence-corrected chi connectivity index (χ4v) is 0.558. The van der Waals surface area contributed by atoms with Crippen LogP contribution >= 0.6 is 0 Å². The monoisotopic (exact) mass is 200 g/mol. The third-order valence-corrected chi connectivity index (χ3v) is 1.09. The quantitative estimate of drug-likeness (QED) is 0.460. The van der Waals surface area contributed by atoms with E-state index in [-0.39, 0.29) is 0 Å². The molecule has 0 atom stereocenters. The lowest BCUT2D eigenvalue weighted by molar-refractivity contribution is -0.509. The van der Waals surface area contributed by atoms with Crippen molar-refractivity contribution in [2.24, 2.45) is 0 Å². The normalized spacial score (nSPS) is 9.00. The van der Waals surface area contributed by atoms with Gasteiger partial charge in [0.2, 0.25) is 0 Å². The van der Waals surface area contributed by atoms with E-state index < -0.39 is 0 Å².